The van der Waals surface area contributed by atoms with Gasteiger partial charge in [0.15, 0.2) is 0 Å². The summed E-state index contributed by atoms with van der Waals surface area (Å²) in [5.41, 5.74) is 4.88. The largest absolute Gasteiger partial charge is 0.358 e. The summed E-state index contributed by atoms with van der Waals surface area (Å²) in [7, 11) is 0. The monoisotopic (exact) mass is 172 g/mol. The number of primary amides is 1. The Balaban J connectivity index is 2.01. The van der Waals surface area contributed by atoms with Gasteiger partial charge in [-0.05, 0) is 12.8 Å². The first-order chi connectivity index (χ1) is 5.79. The molecule has 1 rings (SSSR count). The summed E-state index contributed by atoms with van der Waals surface area (Å²) in [5.74, 6) is 0. The van der Waals surface area contributed by atoms with Crippen molar-refractivity contribution in [2.45, 2.75) is 38.2 Å². The van der Waals surface area contributed by atoms with Crippen LogP contribution in [-0.4, -0.2) is 18.9 Å². The molecule has 3 N–H and O–H groups in total. The highest BCUT2D eigenvalue weighted by molar-refractivity contribution is 5.71. The molecule has 0 atom stereocenters. The first-order valence-corrected chi connectivity index (χ1v) is 4.44. The second-order valence-corrected chi connectivity index (χ2v) is 3.11. The maximum atomic E-state index is 10.3. The molecule has 1 aliphatic rings. The highest BCUT2D eigenvalue weighted by Gasteiger charge is 2.13. The molecule has 0 spiro atoms. The van der Waals surface area contributed by atoms with Gasteiger partial charge in [0.25, 0.3) is 0 Å². The molecular formula is C8H16N2O2. The van der Waals surface area contributed by atoms with Crippen molar-refractivity contribution in [3.63, 3.8) is 0 Å². The normalized spacial score (nSPS) is 19.0. The molecule has 0 bridgehead atoms. The van der Waals surface area contributed by atoms with Crippen LogP contribution in [0.25, 0.3) is 0 Å². The second-order valence-electron chi connectivity index (χ2n) is 3.11. The van der Waals surface area contributed by atoms with Crippen molar-refractivity contribution in [1.82, 2.24) is 5.32 Å². The van der Waals surface area contributed by atoms with Gasteiger partial charge in [0.2, 0.25) is 0 Å². The van der Waals surface area contributed by atoms with Crippen LogP contribution in [0.3, 0.4) is 0 Å². The fraction of sp³-hybridized carbons (Fsp3) is 0.875. The highest BCUT2D eigenvalue weighted by atomic mass is 16.5. The number of carbonyl (C=O) groups excluding carboxylic acids is 1. The van der Waals surface area contributed by atoms with E-state index in [1.165, 1.54) is 19.3 Å². The van der Waals surface area contributed by atoms with Gasteiger partial charge < -0.3 is 15.8 Å². The molecule has 0 aromatic rings. The Kier molecular flexibility index (Phi) is 3.87. The number of carbonyl (C=O) groups is 1. The van der Waals surface area contributed by atoms with Gasteiger partial charge in [-0.3, -0.25) is 0 Å². The molecule has 70 valence electrons. The smallest absolute Gasteiger partial charge is 0.313 e. The van der Waals surface area contributed by atoms with Gasteiger partial charge in [-0.25, -0.2) is 4.79 Å². The number of urea groups is 1. The lowest BCUT2D eigenvalue weighted by Gasteiger charge is -2.21. The van der Waals surface area contributed by atoms with Crippen LogP contribution in [0.15, 0.2) is 0 Å². The molecule has 1 saturated carbocycles. The standard InChI is InChI=1S/C8H16N2O2/c9-8(11)10-6-12-7-4-2-1-3-5-7/h7H,1-6H2,(H3,9,10,11). The zero-order chi connectivity index (χ0) is 8.81. The van der Waals surface area contributed by atoms with Gasteiger partial charge >= 0.3 is 6.03 Å². The molecule has 4 heteroatoms. The van der Waals surface area contributed by atoms with Gasteiger partial charge in [0.05, 0.1) is 6.10 Å². The van der Waals surface area contributed by atoms with Crippen LogP contribution < -0.4 is 11.1 Å². The van der Waals surface area contributed by atoms with Crippen LogP contribution in [-0.2, 0) is 4.74 Å². The number of hydrogen-bond acceptors (Lipinski definition) is 2. The summed E-state index contributed by atoms with van der Waals surface area (Å²) in [6.45, 7) is 0.250. The van der Waals surface area contributed by atoms with E-state index in [2.05, 4.69) is 5.32 Å². The molecule has 2 amide bonds. The van der Waals surface area contributed by atoms with Crippen molar-refractivity contribution in [2.24, 2.45) is 5.73 Å². The Hall–Kier alpha value is -0.770. The van der Waals surface area contributed by atoms with Crippen LogP contribution in [0.5, 0.6) is 0 Å². The van der Waals surface area contributed by atoms with E-state index in [0.29, 0.717) is 6.10 Å². The molecule has 0 saturated heterocycles. The van der Waals surface area contributed by atoms with Crippen LogP contribution in [0.1, 0.15) is 32.1 Å². The number of hydrogen-bond donors (Lipinski definition) is 2. The molecule has 4 nitrogen and oxygen atoms in total. The zero-order valence-corrected chi connectivity index (χ0v) is 7.21. The molecule has 0 aliphatic heterocycles. The number of nitrogens with two attached hydrogens (primary N) is 1. The van der Waals surface area contributed by atoms with Crippen molar-refractivity contribution < 1.29 is 9.53 Å². The first-order valence-electron chi connectivity index (χ1n) is 4.44. The lowest BCUT2D eigenvalue weighted by Crippen LogP contribution is -2.33. The minimum atomic E-state index is -0.522. The summed E-state index contributed by atoms with van der Waals surface area (Å²) >= 11 is 0. The average Bonchev–Trinajstić information content (AvgIpc) is 2.05. The molecule has 0 unspecified atom stereocenters. The SMILES string of the molecule is NC(=O)NCOC1CCCCC1. The van der Waals surface area contributed by atoms with E-state index in [1.54, 1.807) is 0 Å². The third-order valence-electron chi connectivity index (χ3n) is 2.12. The van der Waals surface area contributed by atoms with Crippen LogP contribution in [0, 0.1) is 0 Å². The molecule has 0 aromatic carbocycles. The van der Waals surface area contributed by atoms with E-state index in [9.17, 15) is 4.79 Å². The summed E-state index contributed by atoms with van der Waals surface area (Å²) < 4.78 is 5.38. The molecule has 1 aliphatic carbocycles. The Labute approximate surface area is 72.5 Å². The summed E-state index contributed by atoms with van der Waals surface area (Å²) in [4.78, 5) is 10.3. The van der Waals surface area contributed by atoms with Crippen molar-refractivity contribution in [3.8, 4) is 0 Å². The third kappa shape index (κ3) is 3.57. The number of amides is 2. The molecular weight excluding hydrogens is 156 g/mol. The van der Waals surface area contributed by atoms with Crippen molar-refractivity contribution in [2.75, 3.05) is 6.73 Å². The van der Waals surface area contributed by atoms with E-state index in [0.717, 1.165) is 12.8 Å². The lowest BCUT2D eigenvalue weighted by atomic mass is 9.98. The van der Waals surface area contributed by atoms with Gasteiger partial charge in [-0.1, -0.05) is 19.3 Å². The number of nitrogens with one attached hydrogen (secondary N) is 1. The van der Waals surface area contributed by atoms with Gasteiger partial charge in [-0.2, -0.15) is 0 Å². The fourth-order valence-corrected chi connectivity index (χ4v) is 1.46. The van der Waals surface area contributed by atoms with Crippen molar-refractivity contribution in [3.05, 3.63) is 0 Å². The molecule has 0 radical (unpaired) electrons. The maximum absolute atomic E-state index is 10.3. The number of ether oxygens (including phenoxy) is 1. The van der Waals surface area contributed by atoms with Gasteiger partial charge in [0, 0.05) is 0 Å². The van der Waals surface area contributed by atoms with Crippen LogP contribution >= 0.6 is 0 Å². The van der Waals surface area contributed by atoms with Crippen LogP contribution in [0.2, 0.25) is 0 Å². The molecule has 0 heterocycles. The topological polar surface area (TPSA) is 64.4 Å². The molecule has 1 fully saturated rings. The Morgan fingerprint density at radius 1 is 1.42 bits per heavy atom. The fourth-order valence-electron chi connectivity index (χ4n) is 1.46. The quantitative estimate of drug-likeness (QED) is 0.623. The average molecular weight is 172 g/mol. The Morgan fingerprint density at radius 2 is 2.08 bits per heavy atom. The molecule has 12 heavy (non-hydrogen) atoms. The summed E-state index contributed by atoms with van der Waals surface area (Å²) in [6, 6.07) is -0.522. The molecule has 0 aromatic heterocycles. The van der Waals surface area contributed by atoms with Crippen molar-refractivity contribution >= 4 is 6.03 Å². The van der Waals surface area contributed by atoms with E-state index in [1.807, 2.05) is 0 Å². The predicted molar refractivity (Wildman–Crippen MR) is 45.5 cm³/mol. The van der Waals surface area contributed by atoms with E-state index >= 15 is 0 Å². The van der Waals surface area contributed by atoms with Gasteiger partial charge in [0.1, 0.15) is 6.73 Å². The van der Waals surface area contributed by atoms with Crippen LogP contribution in [0.4, 0.5) is 4.79 Å². The lowest BCUT2D eigenvalue weighted by molar-refractivity contribution is 0.0224. The first kappa shape index (κ1) is 9.32. The Morgan fingerprint density at radius 3 is 2.67 bits per heavy atom. The number of rotatable bonds is 3. The summed E-state index contributed by atoms with van der Waals surface area (Å²) in [5, 5.41) is 2.41. The maximum Gasteiger partial charge on any atom is 0.313 e. The summed E-state index contributed by atoms with van der Waals surface area (Å²) in [6.07, 6.45) is 6.33. The minimum absolute atomic E-state index is 0.250. The van der Waals surface area contributed by atoms with Gasteiger partial charge in [-0.15, -0.1) is 0 Å². The predicted octanol–water partition coefficient (Wildman–Crippen LogP) is 0.961. The minimum Gasteiger partial charge on any atom is -0.358 e. The van der Waals surface area contributed by atoms with E-state index < -0.39 is 6.03 Å². The van der Waals surface area contributed by atoms with Crippen molar-refractivity contribution in [1.29, 1.82) is 0 Å². The third-order valence-corrected chi connectivity index (χ3v) is 2.12. The Bertz CT molecular complexity index is 144. The zero-order valence-electron chi connectivity index (χ0n) is 7.21. The van der Waals surface area contributed by atoms with E-state index in [4.69, 9.17) is 10.5 Å². The van der Waals surface area contributed by atoms with E-state index in [-0.39, 0.29) is 6.73 Å². The highest BCUT2D eigenvalue weighted by Crippen LogP contribution is 2.19. The second kappa shape index (κ2) is 4.98.